The molecule has 1 unspecified atom stereocenters. The Balaban J connectivity index is 0.00000240. The van der Waals surface area contributed by atoms with Gasteiger partial charge in [0.25, 0.3) is 0 Å². The Morgan fingerprint density at radius 1 is 1.07 bits per heavy atom. The van der Waals surface area contributed by atoms with Crippen LogP contribution in [0.3, 0.4) is 0 Å². The molecule has 152 valence electrons. The number of aromatic nitrogens is 3. The summed E-state index contributed by atoms with van der Waals surface area (Å²) < 4.78 is 2.20. The third-order valence-corrected chi connectivity index (χ3v) is 5.33. The molecule has 0 radical (unpaired) electrons. The summed E-state index contributed by atoms with van der Waals surface area (Å²) in [5.74, 6) is 1.64. The number of nitrogens with two attached hydrogens (primary N) is 1. The number of nitrogens with one attached hydrogen (secondary N) is 1. The first-order chi connectivity index (χ1) is 13.6. The van der Waals surface area contributed by atoms with E-state index in [1.165, 1.54) is 6.42 Å². The summed E-state index contributed by atoms with van der Waals surface area (Å²) in [5, 5.41) is 11.7. The average Bonchev–Trinajstić information content (AvgIpc) is 2.97. The molecule has 3 N–H and O–H groups in total. The minimum Gasteiger partial charge on any atom is -0.324 e. The Labute approximate surface area is 176 Å². The first-order valence-electron chi connectivity index (χ1n) is 9.74. The van der Waals surface area contributed by atoms with E-state index in [2.05, 4.69) is 20.1 Å². The Morgan fingerprint density at radius 2 is 1.86 bits per heavy atom. The molecule has 1 aliphatic heterocycles. The molecule has 6 nitrogen and oxygen atoms in total. The molecule has 3 aromatic rings. The lowest BCUT2D eigenvalue weighted by Gasteiger charge is -2.24. The third kappa shape index (κ3) is 4.33. The van der Waals surface area contributed by atoms with Crippen molar-refractivity contribution in [3.05, 3.63) is 66.0 Å². The van der Waals surface area contributed by atoms with Crippen molar-refractivity contribution in [3.8, 4) is 11.4 Å². The number of aryl methyl sites for hydroxylation is 1. The van der Waals surface area contributed by atoms with E-state index in [4.69, 9.17) is 5.73 Å². The number of hydrogen-bond acceptors (Lipinski definition) is 4. The van der Waals surface area contributed by atoms with Gasteiger partial charge in [0.05, 0.1) is 0 Å². The van der Waals surface area contributed by atoms with E-state index < -0.39 is 5.54 Å². The summed E-state index contributed by atoms with van der Waals surface area (Å²) in [6.45, 7) is 2.66. The van der Waals surface area contributed by atoms with E-state index in [1.54, 1.807) is 6.92 Å². The number of fused-ring (bicyclic) bond motifs is 1. The van der Waals surface area contributed by atoms with Gasteiger partial charge in [0.2, 0.25) is 5.91 Å². The smallest absolute Gasteiger partial charge is 0.248 e. The standard InChI is InChI=1S/C22H25N5O.ClH/c1-22(23,17-10-4-2-5-11-17)21(28)24-18-12-8-9-16(15-18)20-26-25-19-13-6-3-7-14-27(19)20;/h2,4-5,8-12,15H,3,6-7,13-14,23H2,1H3,(H,24,28);1H. The van der Waals surface area contributed by atoms with E-state index in [0.717, 1.165) is 48.6 Å². The molecule has 0 saturated carbocycles. The quantitative estimate of drug-likeness (QED) is 0.681. The minimum absolute atomic E-state index is 0. The summed E-state index contributed by atoms with van der Waals surface area (Å²) in [4.78, 5) is 12.8. The number of carbonyl (C=O) groups is 1. The maximum Gasteiger partial charge on any atom is 0.248 e. The maximum absolute atomic E-state index is 12.8. The lowest BCUT2D eigenvalue weighted by molar-refractivity contribution is -0.120. The minimum atomic E-state index is -1.12. The molecule has 1 aromatic heterocycles. The van der Waals surface area contributed by atoms with Crippen molar-refractivity contribution >= 4 is 24.0 Å². The monoisotopic (exact) mass is 411 g/mol. The van der Waals surface area contributed by atoms with Crippen molar-refractivity contribution < 1.29 is 4.79 Å². The lowest BCUT2D eigenvalue weighted by atomic mass is 9.92. The molecule has 0 aliphatic carbocycles. The van der Waals surface area contributed by atoms with Gasteiger partial charge in [-0.15, -0.1) is 22.6 Å². The van der Waals surface area contributed by atoms with Gasteiger partial charge in [-0.2, -0.15) is 0 Å². The van der Waals surface area contributed by atoms with Crippen molar-refractivity contribution in [1.82, 2.24) is 14.8 Å². The van der Waals surface area contributed by atoms with Crippen LogP contribution < -0.4 is 11.1 Å². The molecule has 1 atom stereocenters. The highest BCUT2D eigenvalue weighted by molar-refractivity contribution is 5.98. The number of hydrogen-bond donors (Lipinski definition) is 2. The van der Waals surface area contributed by atoms with Crippen LogP contribution in [0, 0.1) is 0 Å². The summed E-state index contributed by atoms with van der Waals surface area (Å²) in [7, 11) is 0. The molecule has 0 bridgehead atoms. The third-order valence-electron chi connectivity index (χ3n) is 5.33. The molecule has 2 heterocycles. The van der Waals surface area contributed by atoms with Crippen LogP contribution in [0.2, 0.25) is 0 Å². The fourth-order valence-corrected chi connectivity index (χ4v) is 3.61. The fraction of sp³-hybridized carbons (Fsp3) is 0.318. The summed E-state index contributed by atoms with van der Waals surface area (Å²) in [6, 6.07) is 17.1. The summed E-state index contributed by atoms with van der Waals surface area (Å²) in [6.07, 6.45) is 4.47. The van der Waals surface area contributed by atoms with Crippen LogP contribution in [0.4, 0.5) is 5.69 Å². The number of carbonyl (C=O) groups excluding carboxylic acids is 1. The first-order valence-corrected chi connectivity index (χ1v) is 9.74. The molecule has 0 saturated heterocycles. The van der Waals surface area contributed by atoms with Crippen molar-refractivity contribution in [3.63, 3.8) is 0 Å². The first kappa shape index (κ1) is 21.0. The number of rotatable bonds is 4. The zero-order chi connectivity index (χ0) is 19.6. The van der Waals surface area contributed by atoms with Crippen LogP contribution in [0.1, 0.15) is 37.6 Å². The number of amides is 1. The molecule has 0 fully saturated rings. The van der Waals surface area contributed by atoms with Gasteiger partial charge >= 0.3 is 0 Å². The second kappa shape index (κ2) is 8.76. The highest BCUT2D eigenvalue weighted by Crippen LogP contribution is 2.26. The van der Waals surface area contributed by atoms with Crippen LogP contribution in [0.15, 0.2) is 54.6 Å². The van der Waals surface area contributed by atoms with Gasteiger partial charge < -0.3 is 15.6 Å². The van der Waals surface area contributed by atoms with Gasteiger partial charge in [0.1, 0.15) is 11.4 Å². The molecule has 2 aromatic carbocycles. The lowest BCUT2D eigenvalue weighted by Crippen LogP contribution is -2.45. The van der Waals surface area contributed by atoms with Crippen LogP contribution >= 0.6 is 12.4 Å². The van der Waals surface area contributed by atoms with E-state index >= 15 is 0 Å². The number of benzene rings is 2. The van der Waals surface area contributed by atoms with Crippen LogP contribution in [-0.2, 0) is 23.3 Å². The molecular formula is C22H26ClN5O. The zero-order valence-corrected chi connectivity index (χ0v) is 17.3. The molecular weight excluding hydrogens is 386 g/mol. The van der Waals surface area contributed by atoms with E-state index in [-0.39, 0.29) is 18.3 Å². The molecule has 1 aliphatic rings. The molecule has 1 amide bonds. The zero-order valence-electron chi connectivity index (χ0n) is 16.5. The van der Waals surface area contributed by atoms with Gasteiger partial charge in [0.15, 0.2) is 5.82 Å². The van der Waals surface area contributed by atoms with Crippen molar-refractivity contribution in [2.75, 3.05) is 5.32 Å². The van der Waals surface area contributed by atoms with Gasteiger partial charge in [-0.3, -0.25) is 4.79 Å². The van der Waals surface area contributed by atoms with E-state index in [9.17, 15) is 4.79 Å². The van der Waals surface area contributed by atoms with Crippen LogP contribution in [-0.4, -0.2) is 20.7 Å². The van der Waals surface area contributed by atoms with E-state index in [1.807, 2.05) is 54.6 Å². The molecule has 7 heteroatoms. The van der Waals surface area contributed by atoms with Gasteiger partial charge in [0, 0.05) is 24.2 Å². The Morgan fingerprint density at radius 3 is 2.66 bits per heavy atom. The largest absolute Gasteiger partial charge is 0.324 e. The van der Waals surface area contributed by atoms with Crippen LogP contribution in [0.25, 0.3) is 11.4 Å². The number of nitrogens with zero attached hydrogens (tertiary/aromatic N) is 3. The van der Waals surface area contributed by atoms with Gasteiger partial charge in [-0.1, -0.05) is 48.9 Å². The number of anilines is 1. The van der Waals surface area contributed by atoms with Gasteiger partial charge in [-0.25, -0.2) is 0 Å². The highest BCUT2D eigenvalue weighted by atomic mass is 35.5. The number of halogens is 1. The molecule has 29 heavy (non-hydrogen) atoms. The average molecular weight is 412 g/mol. The second-order valence-corrected chi connectivity index (χ2v) is 7.51. The fourth-order valence-electron chi connectivity index (χ4n) is 3.61. The topological polar surface area (TPSA) is 85.8 Å². The molecule has 4 rings (SSSR count). The van der Waals surface area contributed by atoms with E-state index in [0.29, 0.717) is 5.69 Å². The summed E-state index contributed by atoms with van der Waals surface area (Å²) >= 11 is 0. The van der Waals surface area contributed by atoms with Crippen molar-refractivity contribution in [1.29, 1.82) is 0 Å². The Bertz CT molecular complexity index is 984. The predicted molar refractivity (Wildman–Crippen MR) is 117 cm³/mol. The Kier molecular flexibility index (Phi) is 6.35. The Hall–Kier alpha value is -2.70. The van der Waals surface area contributed by atoms with Crippen molar-refractivity contribution in [2.24, 2.45) is 5.73 Å². The molecule has 0 spiro atoms. The second-order valence-electron chi connectivity index (χ2n) is 7.51. The maximum atomic E-state index is 12.8. The summed E-state index contributed by atoms with van der Waals surface area (Å²) in [5.41, 5.74) is 7.62. The highest BCUT2D eigenvalue weighted by Gasteiger charge is 2.30. The van der Waals surface area contributed by atoms with Crippen LogP contribution in [0.5, 0.6) is 0 Å². The predicted octanol–water partition coefficient (Wildman–Crippen LogP) is 3.91. The van der Waals surface area contributed by atoms with Crippen molar-refractivity contribution in [2.45, 2.75) is 44.7 Å². The van der Waals surface area contributed by atoms with Gasteiger partial charge in [-0.05, 0) is 37.5 Å². The SMILES string of the molecule is CC(N)(C(=O)Nc1cccc(-c2nnc3n2CCCCC3)c1)c1ccccc1.Cl. The normalized spacial score (nSPS) is 15.4.